The number of nitrogens with zero attached hydrogens (tertiary/aromatic N) is 5. The Morgan fingerprint density at radius 1 is 1.00 bits per heavy atom. The number of hydrogen-bond donors (Lipinski definition) is 1. The molecule has 2 amide bonds. The largest absolute Gasteiger partial charge is 0.497 e. The van der Waals surface area contributed by atoms with Crippen molar-refractivity contribution in [2.24, 2.45) is 0 Å². The Labute approximate surface area is 221 Å². The van der Waals surface area contributed by atoms with Gasteiger partial charge in [0.15, 0.2) is 5.82 Å². The van der Waals surface area contributed by atoms with E-state index >= 15 is 0 Å². The summed E-state index contributed by atoms with van der Waals surface area (Å²) < 4.78 is 5.28. The zero-order valence-corrected chi connectivity index (χ0v) is 21.4. The van der Waals surface area contributed by atoms with E-state index < -0.39 is 0 Å². The van der Waals surface area contributed by atoms with Crippen LogP contribution in [-0.2, 0) is 0 Å². The second-order valence-electron chi connectivity index (χ2n) is 8.75. The van der Waals surface area contributed by atoms with Gasteiger partial charge in [-0.05, 0) is 55.5 Å². The minimum Gasteiger partial charge on any atom is -0.497 e. The van der Waals surface area contributed by atoms with E-state index in [0.29, 0.717) is 30.9 Å². The molecule has 4 aromatic rings. The Bertz CT molecular complexity index is 1440. The van der Waals surface area contributed by atoms with Gasteiger partial charge >= 0.3 is 6.03 Å². The fourth-order valence-corrected chi connectivity index (χ4v) is 4.56. The fourth-order valence-electron chi connectivity index (χ4n) is 4.56. The summed E-state index contributed by atoms with van der Waals surface area (Å²) in [6, 6.07) is 24.7. The minimum atomic E-state index is -0.155. The number of hydrogen-bond acceptors (Lipinski definition) is 6. The van der Waals surface area contributed by atoms with Gasteiger partial charge in [0.05, 0.1) is 18.7 Å². The molecule has 0 aliphatic carbocycles. The van der Waals surface area contributed by atoms with E-state index in [2.05, 4.69) is 38.6 Å². The lowest BCUT2D eigenvalue weighted by Gasteiger charge is -2.40. The summed E-state index contributed by atoms with van der Waals surface area (Å²) in [6.07, 6.45) is 0. The maximum Gasteiger partial charge on any atom is 0.322 e. The molecule has 1 N–H and O–H groups in total. The molecule has 1 saturated heterocycles. The van der Waals surface area contributed by atoms with E-state index in [1.807, 2.05) is 48.2 Å². The first-order valence-corrected chi connectivity index (χ1v) is 11.8. The number of urea groups is 1. The summed E-state index contributed by atoms with van der Waals surface area (Å²) in [4.78, 5) is 17.0. The van der Waals surface area contributed by atoms with Gasteiger partial charge in [-0.2, -0.15) is 5.26 Å². The van der Waals surface area contributed by atoms with Crippen LogP contribution >= 0.6 is 12.4 Å². The number of anilines is 2. The van der Waals surface area contributed by atoms with Crippen molar-refractivity contribution in [3.8, 4) is 23.1 Å². The molecule has 1 fully saturated rings. The number of rotatable bonds is 4. The van der Waals surface area contributed by atoms with Gasteiger partial charge in [-0.15, -0.1) is 22.6 Å². The van der Waals surface area contributed by atoms with Crippen molar-refractivity contribution in [2.45, 2.75) is 13.0 Å². The van der Waals surface area contributed by atoms with Gasteiger partial charge < -0.3 is 19.9 Å². The number of amides is 2. The van der Waals surface area contributed by atoms with Gasteiger partial charge in [0.1, 0.15) is 11.4 Å². The maximum atomic E-state index is 12.9. The first-order chi connectivity index (χ1) is 17.6. The van der Waals surface area contributed by atoms with Crippen molar-refractivity contribution >= 4 is 40.7 Å². The number of halogens is 1. The molecule has 2 heterocycles. The lowest BCUT2D eigenvalue weighted by atomic mass is 10.0. The third-order valence-electron chi connectivity index (χ3n) is 6.48. The summed E-state index contributed by atoms with van der Waals surface area (Å²) in [5.74, 6) is 1.62. The number of methoxy groups -OCH3 is 1. The van der Waals surface area contributed by atoms with Gasteiger partial charge in [0, 0.05) is 47.7 Å². The average molecular weight is 515 g/mol. The van der Waals surface area contributed by atoms with Crippen LogP contribution in [0.1, 0.15) is 12.5 Å². The van der Waals surface area contributed by atoms with Crippen LogP contribution in [0.4, 0.5) is 16.3 Å². The number of carbonyl (C=O) groups excluding carboxylic acids is 1. The molecular formula is C28H27ClN6O2. The molecule has 37 heavy (non-hydrogen) atoms. The number of carbonyl (C=O) groups is 1. The number of fused-ring (bicyclic) bond motifs is 1. The SMILES string of the molecule is COc1ccc(-c2nnc(N3CCN(C(=O)Nc4ccc(C#N)cc4)[C@@H](C)C3)c3ccccc23)cc1.Cl. The van der Waals surface area contributed by atoms with Crippen LogP contribution < -0.4 is 15.0 Å². The van der Waals surface area contributed by atoms with E-state index in [-0.39, 0.29) is 24.5 Å². The quantitative estimate of drug-likeness (QED) is 0.395. The molecule has 0 spiro atoms. The number of benzene rings is 3. The van der Waals surface area contributed by atoms with Crippen LogP contribution in [0, 0.1) is 11.3 Å². The van der Waals surface area contributed by atoms with E-state index in [9.17, 15) is 4.79 Å². The number of nitriles is 1. The number of piperazine rings is 1. The first kappa shape index (κ1) is 25.7. The van der Waals surface area contributed by atoms with E-state index in [0.717, 1.165) is 33.6 Å². The molecule has 1 aromatic heterocycles. The smallest absolute Gasteiger partial charge is 0.322 e. The molecule has 0 bridgehead atoms. The molecule has 1 atom stereocenters. The van der Waals surface area contributed by atoms with E-state index in [1.165, 1.54) is 0 Å². The van der Waals surface area contributed by atoms with Crippen LogP contribution in [0.2, 0.25) is 0 Å². The average Bonchev–Trinajstić information content (AvgIpc) is 2.93. The third-order valence-corrected chi connectivity index (χ3v) is 6.48. The van der Waals surface area contributed by atoms with Gasteiger partial charge in [-0.1, -0.05) is 24.3 Å². The predicted molar refractivity (Wildman–Crippen MR) is 147 cm³/mol. The van der Waals surface area contributed by atoms with Crippen LogP contribution in [0.5, 0.6) is 5.75 Å². The summed E-state index contributed by atoms with van der Waals surface area (Å²) >= 11 is 0. The molecule has 0 unspecified atom stereocenters. The van der Waals surface area contributed by atoms with E-state index in [4.69, 9.17) is 10.00 Å². The lowest BCUT2D eigenvalue weighted by Crippen LogP contribution is -2.55. The highest BCUT2D eigenvalue weighted by Gasteiger charge is 2.29. The fraction of sp³-hybridized carbons (Fsp3) is 0.214. The number of ether oxygens (including phenoxy) is 1. The first-order valence-electron chi connectivity index (χ1n) is 11.8. The van der Waals surface area contributed by atoms with E-state index in [1.54, 1.807) is 31.4 Å². The Morgan fingerprint density at radius 3 is 2.35 bits per heavy atom. The molecule has 1 aliphatic rings. The summed E-state index contributed by atoms with van der Waals surface area (Å²) in [6.45, 7) is 3.87. The van der Waals surface area contributed by atoms with Crippen molar-refractivity contribution in [1.82, 2.24) is 15.1 Å². The Kier molecular flexibility index (Phi) is 7.75. The van der Waals surface area contributed by atoms with Gasteiger partial charge in [-0.25, -0.2) is 4.79 Å². The lowest BCUT2D eigenvalue weighted by molar-refractivity contribution is 0.184. The van der Waals surface area contributed by atoms with Crippen LogP contribution in [0.15, 0.2) is 72.8 Å². The molecule has 0 radical (unpaired) electrons. The second-order valence-corrected chi connectivity index (χ2v) is 8.75. The molecule has 0 saturated carbocycles. The topological polar surface area (TPSA) is 94.4 Å². The predicted octanol–water partition coefficient (Wildman–Crippen LogP) is 5.34. The third kappa shape index (κ3) is 5.27. The molecule has 188 valence electrons. The molecule has 5 rings (SSSR count). The monoisotopic (exact) mass is 514 g/mol. The van der Waals surface area contributed by atoms with Crippen LogP contribution in [-0.4, -0.2) is 53.9 Å². The maximum absolute atomic E-state index is 12.9. The van der Waals surface area contributed by atoms with Crippen molar-refractivity contribution in [3.05, 3.63) is 78.4 Å². The Balaban J connectivity index is 0.00000320. The Hall–Kier alpha value is -4.35. The second kappa shape index (κ2) is 11.1. The van der Waals surface area contributed by atoms with Crippen LogP contribution in [0.3, 0.4) is 0 Å². The number of aromatic nitrogens is 2. The highest BCUT2D eigenvalue weighted by atomic mass is 35.5. The van der Waals surface area contributed by atoms with Crippen molar-refractivity contribution in [2.75, 3.05) is 37.0 Å². The van der Waals surface area contributed by atoms with Crippen LogP contribution in [0.25, 0.3) is 22.0 Å². The van der Waals surface area contributed by atoms with Crippen molar-refractivity contribution < 1.29 is 9.53 Å². The minimum absolute atomic E-state index is 0. The highest BCUT2D eigenvalue weighted by molar-refractivity contribution is 6.00. The summed E-state index contributed by atoms with van der Waals surface area (Å²) in [5.41, 5.74) is 3.02. The molecule has 3 aromatic carbocycles. The molecule has 9 heteroatoms. The van der Waals surface area contributed by atoms with Crippen molar-refractivity contribution in [3.63, 3.8) is 0 Å². The van der Waals surface area contributed by atoms with Gasteiger partial charge in [0.2, 0.25) is 0 Å². The zero-order chi connectivity index (χ0) is 25.1. The summed E-state index contributed by atoms with van der Waals surface area (Å²) in [7, 11) is 1.65. The Morgan fingerprint density at radius 2 is 1.70 bits per heavy atom. The molecule has 1 aliphatic heterocycles. The summed E-state index contributed by atoms with van der Waals surface area (Å²) in [5, 5.41) is 23.2. The van der Waals surface area contributed by atoms with Crippen molar-refractivity contribution in [1.29, 1.82) is 5.26 Å². The normalized spacial score (nSPS) is 15.0. The molecular weight excluding hydrogens is 488 g/mol. The zero-order valence-electron chi connectivity index (χ0n) is 20.6. The number of nitrogens with one attached hydrogen (secondary N) is 1. The van der Waals surface area contributed by atoms with Gasteiger partial charge in [-0.3, -0.25) is 0 Å². The van der Waals surface area contributed by atoms with Gasteiger partial charge in [0.25, 0.3) is 0 Å². The molecule has 8 nitrogen and oxygen atoms in total. The highest BCUT2D eigenvalue weighted by Crippen LogP contribution is 2.33. The standard InChI is InChI=1S/C28H26N6O2.ClH/c1-19-18-33(15-16-34(19)28(35)30-22-11-7-20(17-29)8-12-22)27-25-6-4-3-5-24(25)26(31-32-27)21-9-13-23(36-2)14-10-21;/h3-14,19H,15-16,18H2,1-2H3,(H,30,35);1H/t19-;/m0./s1.